The zero-order valence-electron chi connectivity index (χ0n) is 39.9. The Hall–Kier alpha value is -2.10. The van der Waals surface area contributed by atoms with Gasteiger partial charge in [-0.15, -0.1) is 0 Å². The molecule has 0 aliphatic rings. The van der Waals surface area contributed by atoms with Crippen LogP contribution in [0.4, 0.5) is 0 Å². The first-order chi connectivity index (χ1) is 29.4. The molecule has 0 radical (unpaired) electrons. The Balaban J connectivity index is 4.32. The van der Waals surface area contributed by atoms with Crippen LogP contribution in [0.5, 0.6) is 0 Å². The maximum Gasteiger partial charge on any atom is 0.306 e. The van der Waals surface area contributed by atoms with Crippen molar-refractivity contribution in [2.75, 3.05) is 47.5 Å². The first-order valence-electron chi connectivity index (χ1n) is 24.6. The number of hydrogen-bond donors (Lipinski definition) is 0. The fourth-order valence-corrected chi connectivity index (χ4v) is 7.42. The van der Waals surface area contributed by atoms with E-state index >= 15 is 0 Å². The van der Waals surface area contributed by atoms with Crippen molar-refractivity contribution in [3.05, 3.63) is 36.5 Å². The van der Waals surface area contributed by atoms with E-state index in [1.165, 1.54) is 116 Å². The lowest BCUT2D eigenvalue weighted by molar-refractivity contribution is -0.870. The molecule has 0 aliphatic carbocycles. The van der Waals surface area contributed by atoms with Gasteiger partial charge in [0, 0.05) is 19.3 Å². The lowest BCUT2D eigenvalue weighted by Crippen LogP contribution is -2.37. The average Bonchev–Trinajstić information content (AvgIpc) is 3.21. The first-order valence-corrected chi connectivity index (χ1v) is 26.1. The highest BCUT2D eigenvalue weighted by Crippen LogP contribution is 2.38. The normalized spacial score (nSPS) is 13.7. The number of esters is 2. The summed E-state index contributed by atoms with van der Waals surface area (Å²) in [6.45, 7) is 4.05. The summed E-state index contributed by atoms with van der Waals surface area (Å²) in [5, 5.41) is 0. The zero-order valence-corrected chi connectivity index (χ0v) is 40.8. The molecule has 0 aromatic carbocycles. The number of likely N-dealkylation sites (N-methyl/N-ethyl adjacent to an activating group) is 1. The summed E-state index contributed by atoms with van der Waals surface area (Å²) in [7, 11) is 1.10. The third-order valence-electron chi connectivity index (χ3n) is 10.6. The molecule has 0 amide bonds. The number of hydrogen-bond acceptors (Lipinski definition) is 9. The molecule has 356 valence electrons. The molecule has 0 N–H and O–H groups in total. The van der Waals surface area contributed by atoms with Gasteiger partial charge in [0.1, 0.15) is 19.8 Å². The maximum absolute atomic E-state index is 12.7. The Labute approximate surface area is 374 Å². The van der Waals surface area contributed by atoms with Crippen LogP contribution in [0.3, 0.4) is 0 Å². The van der Waals surface area contributed by atoms with Crippen molar-refractivity contribution in [3.63, 3.8) is 0 Å². The average molecular weight is 882 g/mol. The van der Waals surface area contributed by atoms with Crippen LogP contribution in [0.1, 0.15) is 213 Å². The molecule has 10 nitrogen and oxygen atoms in total. The van der Waals surface area contributed by atoms with E-state index in [4.69, 9.17) is 18.5 Å². The molecule has 0 aliphatic heterocycles. The molecule has 61 heavy (non-hydrogen) atoms. The summed E-state index contributed by atoms with van der Waals surface area (Å²) in [6, 6.07) is 0. The Kier molecular flexibility index (Phi) is 40.4. The number of nitrogens with zero attached hydrogens (tertiary/aromatic N) is 1. The van der Waals surface area contributed by atoms with Crippen LogP contribution in [0.15, 0.2) is 36.5 Å². The third kappa shape index (κ3) is 45.7. The molecule has 0 rings (SSSR count). The smallest absolute Gasteiger partial charge is 0.306 e. The van der Waals surface area contributed by atoms with Gasteiger partial charge in [0.2, 0.25) is 0 Å². The second-order valence-corrected chi connectivity index (χ2v) is 19.3. The summed E-state index contributed by atoms with van der Waals surface area (Å²) in [4.78, 5) is 49.7. The molecule has 0 fully saturated rings. The Morgan fingerprint density at radius 2 is 0.984 bits per heavy atom. The van der Waals surface area contributed by atoms with E-state index in [9.17, 15) is 23.8 Å². The molecule has 1 unspecified atom stereocenters. The van der Waals surface area contributed by atoms with Crippen molar-refractivity contribution in [3.8, 4) is 0 Å². The molecule has 2 atom stereocenters. The Morgan fingerprint density at radius 1 is 0.541 bits per heavy atom. The Bertz CT molecular complexity index is 1200. The number of ether oxygens (including phenoxy) is 2. The van der Waals surface area contributed by atoms with Gasteiger partial charge in [-0.3, -0.25) is 18.9 Å². The summed E-state index contributed by atoms with van der Waals surface area (Å²) in [5.41, 5.74) is 0. The molecule has 11 heteroatoms. The molecule has 0 spiro atoms. The molecule has 0 aromatic heterocycles. The minimum atomic E-state index is -4.65. The first kappa shape index (κ1) is 58.9. The number of carbonyl (C=O) groups is 3. The zero-order chi connectivity index (χ0) is 45.1. The number of unbranched alkanes of at least 4 members (excludes halogenated alkanes) is 24. The number of rotatable bonds is 45. The lowest BCUT2D eigenvalue weighted by atomic mass is 10.0. The monoisotopic (exact) mass is 882 g/mol. The summed E-state index contributed by atoms with van der Waals surface area (Å²) >= 11 is 0. The van der Waals surface area contributed by atoms with E-state index < -0.39 is 32.5 Å². The number of ketones is 1. The van der Waals surface area contributed by atoms with Crippen molar-refractivity contribution in [2.24, 2.45) is 0 Å². The second kappa shape index (κ2) is 41.9. The number of allylic oxidation sites excluding steroid dienone is 6. The van der Waals surface area contributed by atoms with Crippen LogP contribution in [0, 0.1) is 0 Å². The lowest BCUT2D eigenvalue weighted by Gasteiger charge is -2.28. The topological polar surface area (TPSA) is 128 Å². The van der Waals surface area contributed by atoms with Crippen LogP contribution in [-0.2, 0) is 37.5 Å². The van der Waals surface area contributed by atoms with Gasteiger partial charge < -0.3 is 27.9 Å². The van der Waals surface area contributed by atoms with Gasteiger partial charge in [-0.2, -0.15) is 0 Å². The highest BCUT2D eigenvalue weighted by molar-refractivity contribution is 7.45. The van der Waals surface area contributed by atoms with Gasteiger partial charge in [0.25, 0.3) is 7.82 Å². The molecule has 0 aromatic rings. The van der Waals surface area contributed by atoms with E-state index in [-0.39, 0.29) is 31.8 Å². The minimum absolute atomic E-state index is 0.0502. The fraction of sp³-hybridized carbons (Fsp3) is 0.820. The van der Waals surface area contributed by atoms with Crippen molar-refractivity contribution in [1.82, 2.24) is 0 Å². The van der Waals surface area contributed by atoms with E-state index in [0.29, 0.717) is 30.3 Å². The highest BCUT2D eigenvalue weighted by Gasteiger charge is 2.21. The molecular formula is C50H92NO9P. The quantitative estimate of drug-likeness (QED) is 0.0112. The Morgan fingerprint density at radius 3 is 1.52 bits per heavy atom. The van der Waals surface area contributed by atoms with Gasteiger partial charge in [-0.05, 0) is 63.9 Å². The van der Waals surface area contributed by atoms with E-state index in [2.05, 4.69) is 32.1 Å². The summed E-state index contributed by atoms with van der Waals surface area (Å²) in [6.07, 6.45) is 44.2. The number of phosphoric acid groups is 1. The molecule has 0 bridgehead atoms. The van der Waals surface area contributed by atoms with Crippen LogP contribution >= 0.6 is 7.82 Å². The minimum Gasteiger partial charge on any atom is -0.756 e. The molecule has 0 saturated heterocycles. The fourth-order valence-electron chi connectivity index (χ4n) is 6.69. The highest BCUT2D eigenvalue weighted by atomic mass is 31.2. The standard InChI is InChI=1S/C50H92NO9P/c1-6-8-10-12-14-15-16-17-18-19-20-21-22-23-24-25-26-27-29-33-38-42-50(54)60-48(46-59-61(55,56)58-44-43-51(3,4)5)45-57-49(53)41-37-34-30-32-36-40-47(52)39-35-31-28-13-11-9-7-2/h17-18,28,31,35,39,48H,6-16,19-27,29-30,32-34,36-38,40-46H2,1-5H3/b18-17-,31-28-,39-35+/t48-/m1/s1. The van der Waals surface area contributed by atoms with Crippen molar-refractivity contribution >= 4 is 25.5 Å². The molecule has 0 heterocycles. The van der Waals surface area contributed by atoms with Crippen molar-refractivity contribution < 1.29 is 46.8 Å². The van der Waals surface area contributed by atoms with Gasteiger partial charge in [0.05, 0.1) is 27.7 Å². The third-order valence-corrected chi connectivity index (χ3v) is 11.6. The maximum atomic E-state index is 12.7. The predicted octanol–water partition coefficient (Wildman–Crippen LogP) is 13.0. The van der Waals surface area contributed by atoms with Crippen LogP contribution in [0.2, 0.25) is 0 Å². The van der Waals surface area contributed by atoms with Crippen LogP contribution in [0.25, 0.3) is 0 Å². The molecular weight excluding hydrogens is 790 g/mol. The summed E-state index contributed by atoms with van der Waals surface area (Å²) < 4.78 is 33.9. The number of carbonyl (C=O) groups excluding carboxylic acids is 3. The van der Waals surface area contributed by atoms with E-state index in [1.807, 2.05) is 33.3 Å². The van der Waals surface area contributed by atoms with Gasteiger partial charge >= 0.3 is 11.9 Å². The summed E-state index contributed by atoms with van der Waals surface area (Å²) in [5.74, 6) is -0.799. The molecule has 0 saturated carbocycles. The number of quaternary nitrogens is 1. The van der Waals surface area contributed by atoms with Crippen molar-refractivity contribution in [2.45, 2.75) is 219 Å². The van der Waals surface area contributed by atoms with E-state index in [0.717, 1.165) is 51.4 Å². The van der Waals surface area contributed by atoms with Gasteiger partial charge in [-0.1, -0.05) is 166 Å². The second-order valence-electron chi connectivity index (χ2n) is 17.9. The van der Waals surface area contributed by atoms with E-state index in [1.54, 1.807) is 6.08 Å². The SMILES string of the molecule is CCCCC/C=C\C=C\C(=O)CCCCCCCC(=O)OC[C@H](COP(=O)([O-])OCC[N+](C)(C)C)OC(=O)CCCCCCCCCCCCC/C=C\CCCCCCCC. The van der Waals surface area contributed by atoms with Crippen LogP contribution < -0.4 is 4.89 Å². The van der Waals surface area contributed by atoms with Gasteiger partial charge in [0.15, 0.2) is 11.9 Å². The van der Waals surface area contributed by atoms with Crippen LogP contribution in [-0.4, -0.2) is 75.8 Å². The predicted molar refractivity (Wildman–Crippen MR) is 250 cm³/mol. The largest absolute Gasteiger partial charge is 0.756 e. The van der Waals surface area contributed by atoms with Crippen molar-refractivity contribution in [1.29, 1.82) is 0 Å². The number of phosphoric ester groups is 1. The van der Waals surface area contributed by atoms with Gasteiger partial charge in [-0.25, -0.2) is 0 Å².